The number of likely N-dealkylation sites (N-methyl/N-ethyl adjacent to an activating group) is 1. The molecule has 146 valence electrons. The fraction of sp³-hybridized carbons (Fsp3) is 0.292. The maximum absolute atomic E-state index is 5.99. The van der Waals surface area contributed by atoms with Crippen molar-refractivity contribution in [1.82, 2.24) is 14.8 Å². The molecule has 0 amide bonds. The Morgan fingerprint density at radius 3 is 2.29 bits per heavy atom. The average Bonchev–Trinajstić information content (AvgIpc) is 2.72. The molecule has 0 radical (unpaired) electrons. The molecule has 0 bridgehead atoms. The van der Waals surface area contributed by atoms with Gasteiger partial charge in [-0.25, -0.2) is 0 Å². The van der Waals surface area contributed by atoms with E-state index in [1.54, 1.807) is 0 Å². The molecule has 28 heavy (non-hydrogen) atoms. The molecule has 0 fully saturated rings. The van der Waals surface area contributed by atoms with Gasteiger partial charge in [0.15, 0.2) is 0 Å². The first kappa shape index (κ1) is 20.1. The van der Waals surface area contributed by atoms with E-state index >= 15 is 0 Å². The molecule has 0 unspecified atom stereocenters. The Balaban J connectivity index is 1.64. The van der Waals surface area contributed by atoms with Crippen LogP contribution in [0.1, 0.15) is 16.7 Å². The van der Waals surface area contributed by atoms with E-state index in [0.717, 1.165) is 31.9 Å². The van der Waals surface area contributed by atoms with Crippen LogP contribution in [0.2, 0.25) is 0 Å². The van der Waals surface area contributed by atoms with Gasteiger partial charge in [0.1, 0.15) is 12.4 Å². The zero-order valence-corrected chi connectivity index (χ0v) is 16.8. The summed E-state index contributed by atoms with van der Waals surface area (Å²) in [5.41, 5.74) is 3.67. The third kappa shape index (κ3) is 6.80. The zero-order chi connectivity index (χ0) is 19.6. The van der Waals surface area contributed by atoms with Gasteiger partial charge < -0.3 is 9.64 Å². The van der Waals surface area contributed by atoms with E-state index in [-0.39, 0.29) is 0 Å². The second-order valence-electron chi connectivity index (χ2n) is 7.30. The van der Waals surface area contributed by atoms with E-state index in [4.69, 9.17) is 4.74 Å². The minimum atomic E-state index is 0.588. The van der Waals surface area contributed by atoms with Gasteiger partial charge in [-0.05, 0) is 49.0 Å². The molecule has 0 saturated heterocycles. The van der Waals surface area contributed by atoms with E-state index in [1.807, 2.05) is 42.7 Å². The summed E-state index contributed by atoms with van der Waals surface area (Å²) in [7, 11) is 4.22. The highest BCUT2D eigenvalue weighted by Crippen LogP contribution is 2.17. The van der Waals surface area contributed by atoms with Crippen molar-refractivity contribution < 1.29 is 4.74 Å². The van der Waals surface area contributed by atoms with E-state index in [1.165, 1.54) is 16.7 Å². The third-order valence-electron chi connectivity index (χ3n) is 4.55. The van der Waals surface area contributed by atoms with Gasteiger partial charge in [-0.2, -0.15) is 0 Å². The molecule has 0 atom stereocenters. The predicted octanol–water partition coefficient (Wildman–Crippen LogP) is 4.22. The van der Waals surface area contributed by atoms with E-state index < -0.39 is 0 Å². The maximum atomic E-state index is 5.99. The summed E-state index contributed by atoms with van der Waals surface area (Å²) in [5.74, 6) is 0.912. The molecule has 1 heterocycles. The Kier molecular flexibility index (Phi) is 7.59. The Morgan fingerprint density at radius 2 is 1.54 bits per heavy atom. The van der Waals surface area contributed by atoms with Gasteiger partial charge in [-0.15, -0.1) is 0 Å². The summed E-state index contributed by atoms with van der Waals surface area (Å²) >= 11 is 0. The SMILES string of the molecule is CN(C)CCN(Cc1cccnc1)Cc1cccc(OCc2ccccc2)c1. The van der Waals surface area contributed by atoms with Gasteiger partial charge in [0.25, 0.3) is 0 Å². The minimum Gasteiger partial charge on any atom is -0.489 e. The molecule has 0 saturated carbocycles. The molecule has 3 rings (SSSR count). The van der Waals surface area contributed by atoms with Crippen LogP contribution < -0.4 is 4.74 Å². The molecule has 4 heteroatoms. The molecule has 0 aliphatic heterocycles. The Morgan fingerprint density at radius 1 is 0.786 bits per heavy atom. The summed E-state index contributed by atoms with van der Waals surface area (Å²) in [6.45, 7) is 4.37. The highest BCUT2D eigenvalue weighted by Gasteiger charge is 2.09. The van der Waals surface area contributed by atoms with Crippen LogP contribution in [-0.2, 0) is 19.7 Å². The second kappa shape index (κ2) is 10.6. The van der Waals surface area contributed by atoms with Crippen molar-refractivity contribution in [2.75, 3.05) is 27.2 Å². The average molecular weight is 376 g/mol. The van der Waals surface area contributed by atoms with Crippen LogP contribution in [0.15, 0.2) is 79.1 Å². The summed E-state index contributed by atoms with van der Waals surface area (Å²) in [5, 5.41) is 0. The van der Waals surface area contributed by atoms with Crippen LogP contribution in [0.3, 0.4) is 0 Å². The molecule has 0 aliphatic carbocycles. The molecule has 1 aromatic heterocycles. The second-order valence-corrected chi connectivity index (χ2v) is 7.30. The van der Waals surface area contributed by atoms with Gasteiger partial charge in [0.2, 0.25) is 0 Å². The van der Waals surface area contributed by atoms with Crippen molar-refractivity contribution in [3.8, 4) is 5.75 Å². The molecule has 0 N–H and O–H groups in total. The van der Waals surface area contributed by atoms with Crippen molar-refractivity contribution in [2.45, 2.75) is 19.7 Å². The summed E-state index contributed by atoms with van der Waals surface area (Å²) < 4.78 is 5.99. The monoisotopic (exact) mass is 375 g/mol. The van der Waals surface area contributed by atoms with E-state index in [2.05, 4.69) is 65.3 Å². The van der Waals surface area contributed by atoms with Crippen LogP contribution in [0.25, 0.3) is 0 Å². The quantitative estimate of drug-likeness (QED) is 0.530. The van der Waals surface area contributed by atoms with E-state index in [0.29, 0.717) is 6.61 Å². The minimum absolute atomic E-state index is 0.588. The van der Waals surface area contributed by atoms with Crippen molar-refractivity contribution in [3.05, 3.63) is 95.8 Å². The number of ether oxygens (including phenoxy) is 1. The first-order valence-electron chi connectivity index (χ1n) is 9.71. The lowest BCUT2D eigenvalue weighted by Gasteiger charge is -2.24. The van der Waals surface area contributed by atoms with Gasteiger partial charge in [-0.1, -0.05) is 48.5 Å². The number of rotatable bonds is 10. The normalized spacial score (nSPS) is 11.1. The summed E-state index contributed by atoms with van der Waals surface area (Å²) in [6, 6.07) is 22.8. The van der Waals surface area contributed by atoms with Crippen LogP contribution >= 0.6 is 0 Å². The van der Waals surface area contributed by atoms with Crippen molar-refractivity contribution in [2.24, 2.45) is 0 Å². The number of pyridine rings is 1. The van der Waals surface area contributed by atoms with E-state index in [9.17, 15) is 0 Å². The zero-order valence-electron chi connectivity index (χ0n) is 16.8. The molecule has 3 aromatic rings. The van der Waals surface area contributed by atoms with Crippen molar-refractivity contribution in [1.29, 1.82) is 0 Å². The first-order chi connectivity index (χ1) is 13.7. The smallest absolute Gasteiger partial charge is 0.120 e. The summed E-state index contributed by atoms with van der Waals surface area (Å²) in [6.07, 6.45) is 3.77. The number of hydrogen-bond donors (Lipinski definition) is 0. The number of hydrogen-bond acceptors (Lipinski definition) is 4. The lowest BCUT2D eigenvalue weighted by Crippen LogP contribution is -2.31. The highest BCUT2D eigenvalue weighted by molar-refractivity contribution is 5.29. The van der Waals surface area contributed by atoms with Gasteiger partial charge in [0.05, 0.1) is 0 Å². The first-order valence-corrected chi connectivity index (χ1v) is 9.71. The summed E-state index contributed by atoms with van der Waals surface area (Å²) in [4.78, 5) is 8.92. The predicted molar refractivity (Wildman–Crippen MR) is 114 cm³/mol. The Bertz CT molecular complexity index is 822. The van der Waals surface area contributed by atoms with Crippen molar-refractivity contribution in [3.63, 3.8) is 0 Å². The Hall–Kier alpha value is -2.69. The molecular weight excluding hydrogens is 346 g/mol. The number of aromatic nitrogens is 1. The third-order valence-corrected chi connectivity index (χ3v) is 4.55. The fourth-order valence-electron chi connectivity index (χ4n) is 3.04. The Labute approximate surface area is 168 Å². The maximum Gasteiger partial charge on any atom is 0.120 e. The van der Waals surface area contributed by atoms with Crippen LogP contribution in [-0.4, -0.2) is 42.0 Å². The lowest BCUT2D eigenvalue weighted by molar-refractivity contribution is 0.225. The van der Waals surface area contributed by atoms with Gasteiger partial charge >= 0.3 is 0 Å². The molecule has 2 aromatic carbocycles. The van der Waals surface area contributed by atoms with Crippen LogP contribution in [0.5, 0.6) is 5.75 Å². The molecule has 4 nitrogen and oxygen atoms in total. The van der Waals surface area contributed by atoms with Gasteiger partial charge in [0, 0.05) is 38.6 Å². The topological polar surface area (TPSA) is 28.6 Å². The number of nitrogens with zero attached hydrogens (tertiary/aromatic N) is 3. The molecular formula is C24H29N3O. The van der Waals surface area contributed by atoms with Crippen LogP contribution in [0, 0.1) is 0 Å². The fourth-order valence-corrected chi connectivity index (χ4v) is 3.04. The highest BCUT2D eigenvalue weighted by atomic mass is 16.5. The lowest BCUT2D eigenvalue weighted by atomic mass is 10.1. The molecule has 0 aliphatic rings. The molecule has 0 spiro atoms. The van der Waals surface area contributed by atoms with Crippen LogP contribution in [0.4, 0.5) is 0 Å². The van der Waals surface area contributed by atoms with Crippen molar-refractivity contribution >= 4 is 0 Å². The standard InChI is InChI=1S/C24H29N3O/c1-26(2)14-15-27(19-23-11-7-13-25-17-23)18-22-10-6-12-24(16-22)28-20-21-8-4-3-5-9-21/h3-13,16-17H,14-15,18-20H2,1-2H3. The van der Waals surface area contributed by atoms with Gasteiger partial charge in [-0.3, -0.25) is 9.88 Å². The largest absolute Gasteiger partial charge is 0.489 e. The number of benzene rings is 2.